The second kappa shape index (κ2) is 5.92. The summed E-state index contributed by atoms with van der Waals surface area (Å²) in [5, 5.41) is 14.3. The molecule has 4 saturated carbocycles. The maximum Gasteiger partial charge on any atom is 0.424 e. The Kier molecular flexibility index (Phi) is 4.15. The lowest BCUT2D eigenvalue weighted by Gasteiger charge is -2.57. The lowest BCUT2D eigenvalue weighted by Crippen LogP contribution is -2.60. The Labute approximate surface area is 154 Å². The molecule has 1 unspecified atom stereocenters. The summed E-state index contributed by atoms with van der Waals surface area (Å²) in [7, 11) is 0. The molecule has 1 atom stereocenters. The Morgan fingerprint density at radius 3 is 2.23 bits per heavy atom. The average Bonchev–Trinajstić information content (AvgIpc) is 2.90. The van der Waals surface area contributed by atoms with Gasteiger partial charge in [0.2, 0.25) is 11.5 Å². The van der Waals surface area contributed by atoms with Gasteiger partial charge in [-0.25, -0.2) is 4.98 Å². The number of halogens is 3. The van der Waals surface area contributed by atoms with Crippen LogP contribution in [0.4, 0.5) is 13.2 Å². The van der Waals surface area contributed by atoms with Gasteiger partial charge in [-0.2, -0.15) is 13.2 Å². The minimum absolute atomic E-state index is 0.378. The highest BCUT2D eigenvalue weighted by molar-refractivity contribution is 7.09. The lowest BCUT2D eigenvalue weighted by molar-refractivity contribution is -0.267. The molecular weight excluding hydrogens is 365 g/mol. The molecule has 0 aromatic carbocycles. The second-order valence-corrected chi connectivity index (χ2v) is 9.43. The Morgan fingerprint density at radius 1 is 1.27 bits per heavy atom. The third-order valence-corrected chi connectivity index (χ3v) is 7.41. The van der Waals surface area contributed by atoms with Gasteiger partial charge < -0.3 is 10.4 Å². The maximum absolute atomic E-state index is 13.6. The fourth-order valence-corrected chi connectivity index (χ4v) is 6.59. The molecule has 144 valence electrons. The largest absolute Gasteiger partial charge is 0.424 e. The van der Waals surface area contributed by atoms with Crippen molar-refractivity contribution in [2.45, 2.75) is 69.2 Å². The van der Waals surface area contributed by atoms with Crippen LogP contribution in [0.5, 0.6) is 0 Å². The van der Waals surface area contributed by atoms with E-state index < -0.39 is 29.1 Å². The van der Waals surface area contributed by atoms with E-state index in [0.29, 0.717) is 23.4 Å². The number of aryl methyl sites for hydroxylation is 1. The number of carbonyl (C=O) groups is 1. The van der Waals surface area contributed by atoms with Crippen molar-refractivity contribution in [2.75, 3.05) is 0 Å². The molecule has 4 nitrogen and oxygen atoms in total. The number of aliphatic hydroxyl groups is 1. The highest BCUT2D eigenvalue weighted by Gasteiger charge is 2.59. The van der Waals surface area contributed by atoms with E-state index in [-0.39, 0.29) is 5.54 Å². The molecule has 1 amide bonds. The van der Waals surface area contributed by atoms with E-state index in [1.807, 2.05) is 0 Å². The number of aromatic nitrogens is 1. The SMILES string of the molecule is Cc1csc(C(O)(CC(=O)NC23CC4CC(CC(C4)C2)C3)C(F)(F)F)n1. The Balaban J connectivity index is 1.52. The molecule has 5 rings (SSSR count). The van der Waals surface area contributed by atoms with Gasteiger partial charge >= 0.3 is 6.18 Å². The summed E-state index contributed by atoms with van der Waals surface area (Å²) in [6.45, 7) is 1.56. The standard InChI is InChI=1S/C18H23F3N2O2S/c1-10-9-26-15(22-10)17(25,18(19,20)21)8-14(24)23-16-5-11-2-12(6-16)4-13(3-11)7-16/h9,11-13,25H,2-8H2,1H3,(H,23,24). The van der Waals surface area contributed by atoms with E-state index in [1.165, 1.54) is 24.6 Å². The molecule has 0 radical (unpaired) electrons. The number of hydrogen-bond acceptors (Lipinski definition) is 4. The predicted molar refractivity (Wildman–Crippen MR) is 90.5 cm³/mol. The smallest absolute Gasteiger partial charge is 0.374 e. The Hall–Kier alpha value is -1.15. The number of rotatable bonds is 4. The topological polar surface area (TPSA) is 62.2 Å². The number of hydrogen-bond donors (Lipinski definition) is 2. The molecule has 0 saturated heterocycles. The third kappa shape index (κ3) is 3.05. The van der Waals surface area contributed by atoms with Gasteiger partial charge in [-0.15, -0.1) is 11.3 Å². The first-order chi connectivity index (χ1) is 12.1. The van der Waals surface area contributed by atoms with Crippen LogP contribution < -0.4 is 5.32 Å². The lowest BCUT2D eigenvalue weighted by atomic mass is 9.53. The van der Waals surface area contributed by atoms with E-state index >= 15 is 0 Å². The third-order valence-electron chi connectivity index (χ3n) is 6.30. The molecule has 0 aliphatic heterocycles. The summed E-state index contributed by atoms with van der Waals surface area (Å²) < 4.78 is 40.8. The van der Waals surface area contributed by atoms with Crippen LogP contribution in [-0.2, 0) is 10.4 Å². The van der Waals surface area contributed by atoms with Crippen LogP contribution in [0.3, 0.4) is 0 Å². The normalized spacial score (nSPS) is 35.3. The molecule has 4 bridgehead atoms. The average molecular weight is 388 g/mol. The molecule has 4 aliphatic carbocycles. The van der Waals surface area contributed by atoms with Crippen LogP contribution in [0.1, 0.15) is 55.6 Å². The Morgan fingerprint density at radius 2 is 1.81 bits per heavy atom. The highest BCUT2D eigenvalue weighted by Crippen LogP contribution is 2.55. The second-order valence-electron chi connectivity index (χ2n) is 8.57. The molecule has 26 heavy (non-hydrogen) atoms. The van der Waals surface area contributed by atoms with Crippen molar-refractivity contribution in [1.29, 1.82) is 0 Å². The van der Waals surface area contributed by atoms with Gasteiger partial charge in [0.05, 0.1) is 6.42 Å². The van der Waals surface area contributed by atoms with Crippen LogP contribution in [0.25, 0.3) is 0 Å². The zero-order valence-corrected chi connectivity index (χ0v) is 15.4. The first kappa shape index (κ1) is 18.2. The number of amides is 1. The quantitative estimate of drug-likeness (QED) is 0.827. The number of thiazole rings is 1. The molecular formula is C18H23F3N2O2S. The van der Waals surface area contributed by atoms with Gasteiger partial charge in [0, 0.05) is 16.6 Å². The minimum atomic E-state index is -4.96. The van der Waals surface area contributed by atoms with Crippen molar-refractivity contribution < 1.29 is 23.1 Å². The minimum Gasteiger partial charge on any atom is -0.374 e. The van der Waals surface area contributed by atoms with E-state index in [1.54, 1.807) is 6.92 Å². The molecule has 4 aliphatic rings. The van der Waals surface area contributed by atoms with Crippen molar-refractivity contribution in [3.05, 3.63) is 16.1 Å². The number of nitrogens with zero attached hydrogens (tertiary/aromatic N) is 1. The van der Waals surface area contributed by atoms with E-state index in [9.17, 15) is 23.1 Å². The monoisotopic (exact) mass is 388 g/mol. The van der Waals surface area contributed by atoms with Crippen LogP contribution in [0.2, 0.25) is 0 Å². The molecule has 1 aromatic heterocycles. The summed E-state index contributed by atoms with van der Waals surface area (Å²) >= 11 is 0.734. The van der Waals surface area contributed by atoms with Crippen molar-refractivity contribution in [1.82, 2.24) is 10.3 Å². The number of alkyl halides is 3. The van der Waals surface area contributed by atoms with Crippen LogP contribution in [-0.4, -0.2) is 27.7 Å². The van der Waals surface area contributed by atoms with Crippen molar-refractivity contribution in [2.24, 2.45) is 17.8 Å². The van der Waals surface area contributed by atoms with Crippen LogP contribution in [0, 0.1) is 24.7 Å². The first-order valence-electron chi connectivity index (χ1n) is 9.11. The summed E-state index contributed by atoms with van der Waals surface area (Å²) in [5.41, 5.74) is -3.22. The summed E-state index contributed by atoms with van der Waals surface area (Å²) in [4.78, 5) is 16.4. The van der Waals surface area contributed by atoms with E-state index in [2.05, 4.69) is 10.3 Å². The highest BCUT2D eigenvalue weighted by atomic mass is 32.1. The van der Waals surface area contributed by atoms with E-state index in [0.717, 1.165) is 30.6 Å². The first-order valence-corrected chi connectivity index (χ1v) is 9.99. The predicted octanol–water partition coefficient (Wildman–Crippen LogP) is 3.68. The van der Waals surface area contributed by atoms with Gasteiger partial charge in [0.1, 0.15) is 5.01 Å². The van der Waals surface area contributed by atoms with E-state index in [4.69, 9.17) is 0 Å². The molecule has 0 spiro atoms. The van der Waals surface area contributed by atoms with Crippen molar-refractivity contribution >= 4 is 17.2 Å². The van der Waals surface area contributed by atoms with Gasteiger partial charge in [-0.05, 0) is 63.2 Å². The zero-order valence-electron chi connectivity index (χ0n) is 14.6. The Bertz CT molecular complexity index is 682. The number of carbonyl (C=O) groups excluding carboxylic acids is 1. The van der Waals surface area contributed by atoms with Gasteiger partial charge in [-0.3, -0.25) is 4.79 Å². The molecule has 2 N–H and O–H groups in total. The van der Waals surface area contributed by atoms with Gasteiger partial charge in [0.25, 0.3) is 0 Å². The fourth-order valence-electron chi connectivity index (χ4n) is 5.68. The summed E-state index contributed by atoms with van der Waals surface area (Å²) in [5.74, 6) is 0.985. The van der Waals surface area contributed by atoms with Gasteiger partial charge in [-0.1, -0.05) is 0 Å². The zero-order chi connectivity index (χ0) is 18.7. The maximum atomic E-state index is 13.6. The van der Waals surface area contributed by atoms with Gasteiger partial charge in [0.15, 0.2) is 0 Å². The van der Waals surface area contributed by atoms with Crippen LogP contribution >= 0.6 is 11.3 Å². The van der Waals surface area contributed by atoms with Crippen molar-refractivity contribution in [3.8, 4) is 0 Å². The summed E-state index contributed by atoms with van der Waals surface area (Å²) in [6.07, 6.45) is 0.101. The van der Waals surface area contributed by atoms with Crippen molar-refractivity contribution in [3.63, 3.8) is 0 Å². The summed E-state index contributed by atoms with van der Waals surface area (Å²) in [6, 6.07) is 0. The fraction of sp³-hybridized carbons (Fsp3) is 0.778. The molecule has 4 fully saturated rings. The molecule has 8 heteroatoms. The molecule has 1 heterocycles. The van der Waals surface area contributed by atoms with Crippen LogP contribution in [0.15, 0.2) is 5.38 Å². The number of nitrogens with one attached hydrogen (secondary N) is 1. The molecule has 1 aromatic rings.